The van der Waals surface area contributed by atoms with E-state index in [1.807, 2.05) is 47.8 Å². The van der Waals surface area contributed by atoms with Crippen molar-refractivity contribution in [3.8, 4) is 0 Å². The van der Waals surface area contributed by atoms with Crippen molar-refractivity contribution in [2.45, 2.75) is 26.2 Å². The summed E-state index contributed by atoms with van der Waals surface area (Å²) in [6.07, 6.45) is 0. The minimum Gasteiger partial charge on any atom is -0.426 e. The van der Waals surface area contributed by atoms with Crippen molar-refractivity contribution >= 4 is 35.6 Å². The molecule has 0 heterocycles. The Hall–Kier alpha value is -1.55. The van der Waals surface area contributed by atoms with Crippen LogP contribution >= 0.6 is 0 Å². The Bertz CT molecular complexity index is 722. The van der Waals surface area contributed by atoms with Crippen LogP contribution in [0.3, 0.4) is 0 Å². The third-order valence-electron chi connectivity index (χ3n) is 4.56. The molecule has 0 aliphatic heterocycles. The third kappa shape index (κ3) is 5.97. The van der Waals surface area contributed by atoms with Crippen molar-refractivity contribution in [2.24, 2.45) is 0 Å². The normalized spacial score (nSPS) is 12.6. The van der Waals surface area contributed by atoms with Gasteiger partial charge in [0.1, 0.15) is 0 Å². The molecule has 2 rings (SSSR count). The molecule has 0 spiro atoms. The Kier molecular flexibility index (Phi) is 7.94. The van der Waals surface area contributed by atoms with Crippen molar-refractivity contribution in [3.05, 3.63) is 85.2 Å². The fraction of sp³-hybridized carbons (Fsp3) is 0.273. The highest BCUT2D eigenvalue weighted by Gasteiger charge is 2.46. The van der Waals surface area contributed by atoms with Crippen LogP contribution in [0.25, 0.3) is 0 Å². The summed E-state index contributed by atoms with van der Waals surface area (Å²) >= 11 is 0. The zero-order chi connectivity index (χ0) is 20.7. The van der Waals surface area contributed by atoms with Crippen LogP contribution < -0.4 is 10.4 Å². The number of benzene rings is 2. The summed E-state index contributed by atoms with van der Waals surface area (Å²) in [6, 6.07) is 20.6. The molecule has 0 aliphatic carbocycles. The molecule has 0 bridgehead atoms. The summed E-state index contributed by atoms with van der Waals surface area (Å²) in [5, 5.41) is 2.20. The third-order valence-corrected chi connectivity index (χ3v) is 13.5. The van der Waals surface area contributed by atoms with Crippen molar-refractivity contribution < 1.29 is 13.0 Å². The van der Waals surface area contributed by atoms with E-state index in [-0.39, 0.29) is 0 Å². The lowest BCUT2D eigenvalue weighted by molar-refractivity contribution is 0.188. The molecular weight excluding hydrogens is 396 g/mol. The Labute approximate surface area is 173 Å². The fourth-order valence-corrected chi connectivity index (χ4v) is 10.3. The first-order valence-corrected chi connectivity index (χ1v) is 17.4. The van der Waals surface area contributed by atoms with Gasteiger partial charge in [-0.1, -0.05) is 72.1 Å². The highest BCUT2D eigenvalue weighted by atomic mass is 28.4. The zero-order valence-electron chi connectivity index (χ0n) is 17.5. The topological polar surface area (TPSA) is 27.7 Å². The van der Waals surface area contributed by atoms with Gasteiger partial charge in [-0.25, -0.2) is 0 Å². The van der Waals surface area contributed by atoms with E-state index < -0.39 is 25.2 Å². The van der Waals surface area contributed by atoms with Gasteiger partial charge in [-0.05, 0) is 36.6 Å². The average molecular weight is 429 g/mol. The first kappa shape index (κ1) is 22.7. The summed E-state index contributed by atoms with van der Waals surface area (Å²) in [7, 11) is -6.88. The predicted molar refractivity (Wildman–Crippen MR) is 126 cm³/mol. The minimum atomic E-state index is -2.91. The minimum absolute atomic E-state index is 0.474. The molecule has 150 valence electrons. The first-order valence-electron chi connectivity index (χ1n) is 9.61. The Morgan fingerprint density at radius 2 is 1.11 bits per heavy atom. The summed E-state index contributed by atoms with van der Waals surface area (Å²) in [6.45, 7) is 17.5. The van der Waals surface area contributed by atoms with Crippen LogP contribution in [0.1, 0.15) is 0 Å². The van der Waals surface area contributed by atoms with Crippen LogP contribution in [0, 0.1) is 0 Å². The Morgan fingerprint density at radius 3 is 1.54 bits per heavy atom. The van der Waals surface area contributed by atoms with E-state index in [1.54, 1.807) is 0 Å². The van der Waals surface area contributed by atoms with Crippen molar-refractivity contribution in [1.29, 1.82) is 0 Å². The SMILES string of the molecule is C=C[Si](C)(C)OCCO[Si](O[Si](C)(C)C=C)(c1ccccc1)c1ccccc1. The molecule has 0 amide bonds. The summed E-state index contributed by atoms with van der Waals surface area (Å²) in [5.41, 5.74) is 3.91. The van der Waals surface area contributed by atoms with Gasteiger partial charge < -0.3 is 13.0 Å². The Balaban J connectivity index is 2.42. The predicted octanol–water partition coefficient (Wildman–Crippen LogP) is 4.15. The first-order chi connectivity index (χ1) is 13.2. The molecular formula is C22H32O3Si3. The van der Waals surface area contributed by atoms with Gasteiger partial charge >= 0.3 is 8.56 Å². The van der Waals surface area contributed by atoms with Gasteiger partial charge in [-0.2, -0.15) is 0 Å². The van der Waals surface area contributed by atoms with Crippen LogP contribution in [-0.4, -0.2) is 38.4 Å². The van der Waals surface area contributed by atoms with E-state index in [2.05, 4.69) is 63.6 Å². The number of hydrogen-bond acceptors (Lipinski definition) is 3. The highest BCUT2D eigenvalue weighted by molar-refractivity contribution is 6.99. The van der Waals surface area contributed by atoms with Gasteiger partial charge in [-0.3, -0.25) is 0 Å². The summed E-state index contributed by atoms with van der Waals surface area (Å²) in [4.78, 5) is 0. The molecule has 0 unspecified atom stereocenters. The lowest BCUT2D eigenvalue weighted by atomic mass is 10.4. The molecule has 2 aromatic carbocycles. The quantitative estimate of drug-likeness (QED) is 0.397. The van der Waals surface area contributed by atoms with Gasteiger partial charge in [0.15, 0.2) is 0 Å². The second kappa shape index (κ2) is 9.78. The fourth-order valence-electron chi connectivity index (χ4n) is 2.76. The molecule has 0 aliphatic rings. The second-order valence-corrected chi connectivity index (χ2v) is 18.8. The van der Waals surface area contributed by atoms with Gasteiger partial charge in [0.05, 0.1) is 13.2 Å². The van der Waals surface area contributed by atoms with E-state index in [4.69, 9.17) is 13.0 Å². The van der Waals surface area contributed by atoms with E-state index in [0.29, 0.717) is 13.2 Å². The van der Waals surface area contributed by atoms with Crippen LogP contribution in [0.2, 0.25) is 26.2 Å². The van der Waals surface area contributed by atoms with E-state index in [0.717, 1.165) is 10.4 Å². The maximum atomic E-state index is 6.88. The van der Waals surface area contributed by atoms with Crippen molar-refractivity contribution in [2.75, 3.05) is 13.2 Å². The molecule has 0 atom stereocenters. The Morgan fingerprint density at radius 1 is 0.679 bits per heavy atom. The van der Waals surface area contributed by atoms with Crippen molar-refractivity contribution in [1.82, 2.24) is 0 Å². The lowest BCUT2D eigenvalue weighted by Crippen LogP contribution is -2.67. The molecule has 0 aromatic heterocycles. The largest absolute Gasteiger partial charge is 0.426 e. The zero-order valence-corrected chi connectivity index (χ0v) is 20.5. The van der Waals surface area contributed by atoms with Gasteiger partial charge in [-0.15, -0.1) is 13.2 Å². The monoisotopic (exact) mass is 428 g/mol. The smallest absolute Gasteiger partial charge is 0.397 e. The molecule has 3 nitrogen and oxygen atoms in total. The van der Waals surface area contributed by atoms with Gasteiger partial charge in [0.25, 0.3) is 0 Å². The van der Waals surface area contributed by atoms with Crippen LogP contribution in [0.5, 0.6) is 0 Å². The number of rotatable bonds is 11. The van der Waals surface area contributed by atoms with E-state index in [9.17, 15) is 0 Å². The molecule has 0 saturated heterocycles. The molecule has 0 fully saturated rings. The average Bonchev–Trinajstić information content (AvgIpc) is 2.71. The van der Waals surface area contributed by atoms with E-state index >= 15 is 0 Å². The molecule has 0 saturated carbocycles. The van der Waals surface area contributed by atoms with Crippen molar-refractivity contribution in [3.63, 3.8) is 0 Å². The summed E-state index contributed by atoms with van der Waals surface area (Å²) in [5.74, 6) is 0. The molecule has 6 heteroatoms. The second-order valence-electron chi connectivity index (χ2n) is 7.76. The molecule has 28 heavy (non-hydrogen) atoms. The molecule has 0 radical (unpaired) electrons. The standard InChI is InChI=1S/C22H32O3Si3/c1-7-26(3,4)23-19-20-24-28(25-27(5,6)8-2,21-15-11-9-12-16-21)22-17-13-10-14-18-22/h7-18H,1-2,19-20H2,3-6H3. The van der Waals surface area contributed by atoms with Gasteiger partial charge in [0.2, 0.25) is 16.6 Å². The van der Waals surface area contributed by atoms with E-state index in [1.165, 1.54) is 0 Å². The lowest BCUT2D eigenvalue weighted by Gasteiger charge is -2.37. The molecule has 0 N–H and O–H groups in total. The number of hydrogen-bond donors (Lipinski definition) is 0. The van der Waals surface area contributed by atoms with Crippen LogP contribution in [0.15, 0.2) is 85.2 Å². The summed E-state index contributed by atoms with van der Waals surface area (Å²) < 4.78 is 19.6. The molecule has 2 aromatic rings. The van der Waals surface area contributed by atoms with Crippen LogP contribution in [-0.2, 0) is 13.0 Å². The maximum Gasteiger partial charge on any atom is 0.397 e. The maximum absolute atomic E-state index is 6.88. The van der Waals surface area contributed by atoms with Gasteiger partial charge in [0, 0.05) is 0 Å². The highest BCUT2D eigenvalue weighted by Crippen LogP contribution is 2.18. The van der Waals surface area contributed by atoms with Crippen LogP contribution in [0.4, 0.5) is 0 Å².